The second-order valence-corrected chi connectivity index (χ2v) is 16.1. The van der Waals surface area contributed by atoms with Gasteiger partial charge in [0.15, 0.2) is 34.9 Å². The molecule has 8 aromatic rings. The highest BCUT2D eigenvalue weighted by atomic mass is 32.2. The first kappa shape index (κ1) is 38.9. The molecule has 2 aromatic carbocycles. The number of nitrogens with zero attached hydrogens (tertiary/aromatic N) is 10. The van der Waals surface area contributed by atoms with E-state index >= 15 is 0 Å². The van der Waals surface area contributed by atoms with E-state index in [1.54, 1.807) is 56.8 Å². The standard InChI is InChI=1S/C40H42F2N14S2/c1-25-23-33(49-48-25)44-37-31-7-4-19-54(31)51-39(46-37)35(27-9-13-29(41)14-10-27)57-21-6-18-53(3)56-26(2)24-34(50-56)45-38-32-8-5-20-55(32)52-40(47-38)36(58-22-17-43)28-11-15-30(42)16-12-28/h4-5,7-16,19-20,23-24,35-36H,6,17-18,21-22,43H2,1-3H3,(H,45,47,50,52)(H2,44,46,48,49,51). The molecule has 0 aliphatic carbocycles. The Morgan fingerprint density at radius 1 is 0.741 bits per heavy atom. The molecule has 8 rings (SSSR count). The summed E-state index contributed by atoms with van der Waals surface area (Å²) in [5.41, 5.74) is 11.1. The zero-order valence-electron chi connectivity index (χ0n) is 32.0. The number of aryl methyl sites for hydroxylation is 2. The maximum atomic E-state index is 14.1. The fourth-order valence-electron chi connectivity index (χ4n) is 6.60. The molecular formula is C40H42F2N14S2. The Hall–Kier alpha value is -5.98. The topological polar surface area (TPSA) is 160 Å². The maximum absolute atomic E-state index is 14.1. The number of benzene rings is 2. The lowest BCUT2D eigenvalue weighted by atomic mass is 10.1. The summed E-state index contributed by atoms with van der Waals surface area (Å²) in [6, 6.07) is 24.5. The Kier molecular flexibility index (Phi) is 11.6. The van der Waals surface area contributed by atoms with Crippen LogP contribution in [0.5, 0.6) is 0 Å². The molecule has 2 atom stereocenters. The number of fused-ring (bicyclic) bond motifs is 2. The second kappa shape index (κ2) is 17.3. The predicted molar refractivity (Wildman–Crippen MR) is 227 cm³/mol. The Bertz CT molecular complexity index is 2620. The van der Waals surface area contributed by atoms with Crippen LogP contribution in [-0.4, -0.2) is 80.9 Å². The van der Waals surface area contributed by atoms with Crippen molar-refractivity contribution >= 4 is 57.8 Å². The van der Waals surface area contributed by atoms with Crippen molar-refractivity contribution < 1.29 is 8.78 Å². The third-order valence-electron chi connectivity index (χ3n) is 9.33. The summed E-state index contributed by atoms with van der Waals surface area (Å²) in [5.74, 6) is 4.51. The van der Waals surface area contributed by atoms with Crippen LogP contribution in [0.1, 0.15) is 51.1 Å². The number of aromatic nitrogens is 10. The van der Waals surface area contributed by atoms with Gasteiger partial charge < -0.3 is 16.4 Å². The van der Waals surface area contributed by atoms with Crippen LogP contribution in [0.25, 0.3) is 11.0 Å². The molecule has 298 valence electrons. The van der Waals surface area contributed by atoms with Crippen LogP contribution in [-0.2, 0) is 0 Å². The summed E-state index contributed by atoms with van der Waals surface area (Å²) in [6.07, 6.45) is 4.58. The number of anilines is 4. The smallest absolute Gasteiger partial charge is 0.169 e. The van der Waals surface area contributed by atoms with Crippen molar-refractivity contribution in [2.24, 2.45) is 5.73 Å². The molecule has 0 saturated carbocycles. The van der Waals surface area contributed by atoms with Crippen LogP contribution in [0.3, 0.4) is 0 Å². The van der Waals surface area contributed by atoms with E-state index in [4.69, 9.17) is 31.0 Å². The van der Waals surface area contributed by atoms with Crippen LogP contribution in [0.2, 0.25) is 0 Å². The van der Waals surface area contributed by atoms with Crippen molar-refractivity contribution in [1.82, 2.24) is 49.3 Å². The zero-order valence-corrected chi connectivity index (χ0v) is 33.7. The summed E-state index contributed by atoms with van der Waals surface area (Å²) in [7, 11) is 2.00. The SMILES string of the molecule is Cc1cc(Nc2nc(C(SCCCN(C)n3nc(Nc4nc(C(SCCN)c5ccc(F)cc5)nn5cccc45)cc3C)c3ccc(F)cc3)nn3cccc23)n[nH]1. The highest BCUT2D eigenvalue weighted by Crippen LogP contribution is 2.37. The molecule has 2 unspecified atom stereocenters. The van der Waals surface area contributed by atoms with Gasteiger partial charge in [-0.25, -0.2) is 27.8 Å². The lowest BCUT2D eigenvalue weighted by Crippen LogP contribution is -2.33. The third-order valence-corrected chi connectivity index (χ3v) is 12.0. The molecule has 0 aliphatic rings. The summed E-state index contributed by atoms with van der Waals surface area (Å²) < 4.78 is 31.5. The van der Waals surface area contributed by atoms with E-state index in [0.29, 0.717) is 53.8 Å². The van der Waals surface area contributed by atoms with Crippen molar-refractivity contribution in [1.29, 1.82) is 0 Å². The van der Waals surface area contributed by atoms with Crippen LogP contribution < -0.4 is 21.4 Å². The van der Waals surface area contributed by atoms with Crippen molar-refractivity contribution in [3.63, 3.8) is 0 Å². The normalized spacial score (nSPS) is 12.7. The molecule has 0 bridgehead atoms. The number of halogens is 2. The molecule has 6 heterocycles. The van der Waals surface area contributed by atoms with Gasteiger partial charge in [0.1, 0.15) is 22.7 Å². The fraction of sp³-hybridized carbons (Fsp3) is 0.250. The Labute approximate surface area is 341 Å². The summed E-state index contributed by atoms with van der Waals surface area (Å²) >= 11 is 3.31. The summed E-state index contributed by atoms with van der Waals surface area (Å²) in [4.78, 5) is 11.8. The summed E-state index contributed by atoms with van der Waals surface area (Å²) in [6.45, 7) is 5.13. The van der Waals surface area contributed by atoms with Gasteiger partial charge in [-0.15, -0.1) is 28.6 Å². The highest BCUT2D eigenvalue weighted by molar-refractivity contribution is 7.99. The monoisotopic (exact) mass is 820 g/mol. The van der Waals surface area contributed by atoms with Gasteiger partial charge in [0.2, 0.25) is 0 Å². The van der Waals surface area contributed by atoms with E-state index in [1.165, 1.54) is 24.3 Å². The number of nitrogens with one attached hydrogen (secondary N) is 3. The van der Waals surface area contributed by atoms with E-state index in [-0.39, 0.29) is 22.1 Å². The van der Waals surface area contributed by atoms with Crippen molar-refractivity contribution in [2.75, 3.05) is 47.3 Å². The molecule has 58 heavy (non-hydrogen) atoms. The molecule has 18 heteroatoms. The lowest BCUT2D eigenvalue weighted by molar-refractivity contribution is 0.564. The number of hydrogen-bond acceptors (Lipinski definition) is 12. The number of H-pyrrole nitrogens is 1. The van der Waals surface area contributed by atoms with E-state index in [1.807, 2.05) is 74.5 Å². The van der Waals surface area contributed by atoms with Gasteiger partial charge >= 0.3 is 0 Å². The number of rotatable bonds is 17. The van der Waals surface area contributed by atoms with Gasteiger partial charge in [0, 0.05) is 56.1 Å². The van der Waals surface area contributed by atoms with E-state index < -0.39 is 0 Å². The van der Waals surface area contributed by atoms with E-state index in [0.717, 1.165) is 45.7 Å². The minimum Gasteiger partial charge on any atom is -0.330 e. The zero-order chi connectivity index (χ0) is 40.2. The molecule has 0 aliphatic heterocycles. The number of hydrogen-bond donors (Lipinski definition) is 4. The molecule has 14 nitrogen and oxygen atoms in total. The number of aromatic amines is 1. The van der Waals surface area contributed by atoms with Gasteiger partial charge in [-0.3, -0.25) is 10.1 Å². The van der Waals surface area contributed by atoms with Crippen LogP contribution in [0.4, 0.5) is 32.1 Å². The largest absolute Gasteiger partial charge is 0.330 e. The van der Waals surface area contributed by atoms with Crippen molar-refractivity contribution in [2.45, 2.75) is 30.8 Å². The third kappa shape index (κ3) is 8.63. The van der Waals surface area contributed by atoms with Gasteiger partial charge in [-0.2, -0.15) is 20.1 Å². The number of thioether (sulfide) groups is 2. The number of nitrogens with two attached hydrogens (primary N) is 1. The molecule has 0 radical (unpaired) electrons. The van der Waals surface area contributed by atoms with Crippen LogP contribution in [0.15, 0.2) is 97.3 Å². The quantitative estimate of drug-likeness (QED) is 0.0679. The first-order valence-electron chi connectivity index (χ1n) is 18.7. The van der Waals surface area contributed by atoms with Gasteiger partial charge in [-0.05, 0) is 85.7 Å². The Morgan fingerprint density at radius 2 is 1.29 bits per heavy atom. The average Bonchev–Trinajstić information content (AvgIpc) is 4.04. The van der Waals surface area contributed by atoms with Gasteiger partial charge in [0.25, 0.3) is 0 Å². The van der Waals surface area contributed by atoms with Crippen LogP contribution >= 0.6 is 23.5 Å². The summed E-state index contributed by atoms with van der Waals surface area (Å²) in [5, 5.41) is 30.2. The van der Waals surface area contributed by atoms with Crippen molar-refractivity contribution in [3.05, 3.63) is 143 Å². The molecule has 0 fully saturated rings. The van der Waals surface area contributed by atoms with E-state index in [2.05, 4.69) is 25.8 Å². The minimum absolute atomic E-state index is 0.254. The molecular weight excluding hydrogens is 779 g/mol. The second-order valence-electron chi connectivity index (χ2n) is 13.7. The Morgan fingerprint density at radius 3 is 1.83 bits per heavy atom. The lowest BCUT2D eigenvalue weighted by Gasteiger charge is -2.22. The maximum Gasteiger partial charge on any atom is 0.169 e. The average molecular weight is 821 g/mol. The predicted octanol–water partition coefficient (Wildman–Crippen LogP) is 7.34. The highest BCUT2D eigenvalue weighted by Gasteiger charge is 2.23. The first-order valence-corrected chi connectivity index (χ1v) is 20.8. The first-order chi connectivity index (χ1) is 28.2. The minimum atomic E-state index is -0.302. The fourth-order valence-corrected chi connectivity index (χ4v) is 8.70. The Balaban J connectivity index is 0.974. The van der Waals surface area contributed by atoms with Crippen molar-refractivity contribution in [3.8, 4) is 0 Å². The molecule has 5 N–H and O–H groups in total. The molecule has 0 amide bonds. The van der Waals surface area contributed by atoms with E-state index in [9.17, 15) is 8.78 Å². The molecule has 6 aromatic heterocycles. The molecule has 0 saturated heterocycles. The van der Waals surface area contributed by atoms with Crippen LogP contribution in [0, 0.1) is 25.5 Å². The van der Waals surface area contributed by atoms with Gasteiger partial charge in [-0.1, -0.05) is 24.3 Å². The molecule has 0 spiro atoms. The van der Waals surface area contributed by atoms with Gasteiger partial charge in [0.05, 0.1) is 16.2 Å².